The SMILES string of the molecule is Clc1ccc(OCc2nc(CSc3nnc(-c4ccc[nH]4)o3)cs2)cc1. The number of nitrogens with one attached hydrogen (secondary N) is 1. The molecule has 0 aliphatic carbocycles. The summed E-state index contributed by atoms with van der Waals surface area (Å²) in [6.45, 7) is 0.425. The summed E-state index contributed by atoms with van der Waals surface area (Å²) < 4.78 is 11.3. The van der Waals surface area contributed by atoms with Gasteiger partial charge in [0.25, 0.3) is 11.1 Å². The summed E-state index contributed by atoms with van der Waals surface area (Å²) in [6, 6.07) is 11.0. The van der Waals surface area contributed by atoms with Gasteiger partial charge in [0, 0.05) is 22.4 Å². The normalized spacial score (nSPS) is 11.0. The van der Waals surface area contributed by atoms with E-state index >= 15 is 0 Å². The number of halogens is 1. The van der Waals surface area contributed by atoms with Crippen molar-refractivity contribution in [3.63, 3.8) is 0 Å². The average Bonchev–Trinajstić information content (AvgIpc) is 3.40. The fraction of sp³-hybridized carbons (Fsp3) is 0.118. The Bertz CT molecular complexity index is 967. The molecule has 0 saturated carbocycles. The average molecular weight is 405 g/mol. The quantitative estimate of drug-likeness (QED) is 0.434. The van der Waals surface area contributed by atoms with E-state index in [0.717, 1.165) is 22.1 Å². The van der Waals surface area contributed by atoms with Crippen molar-refractivity contribution in [3.05, 3.63) is 63.7 Å². The van der Waals surface area contributed by atoms with E-state index in [4.69, 9.17) is 20.8 Å². The van der Waals surface area contributed by atoms with Gasteiger partial charge < -0.3 is 14.1 Å². The number of nitrogens with zero attached hydrogens (tertiary/aromatic N) is 3. The molecule has 4 aromatic rings. The van der Waals surface area contributed by atoms with Gasteiger partial charge in [-0.2, -0.15) is 0 Å². The number of benzene rings is 1. The molecule has 0 atom stereocenters. The number of aromatic nitrogens is 4. The highest BCUT2D eigenvalue weighted by Crippen LogP contribution is 2.26. The van der Waals surface area contributed by atoms with Crippen LogP contribution in [0.5, 0.6) is 5.75 Å². The fourth-order valence-electron chi connectivity index (χ4n) is 2.13. The van der Waals surface area contributed by atoms with Crippen molar-refractivity contribution >= 4 is 34.7 Å². The topological polar surface area (TPSA) is 76.8 Å². The van der Waals surface area contributed by atoms with Gasteiger partial charge in [0.05, 0.1) is 5.69 Å². The van der Waals surface area contributed by atoms with Crippen LogP contribution >= 0.6 is 34.7 Å². The van der Waals surface area contributed by atoms with Crippen molar-refractivity contribution in [2.24, 2.45) is 0 Å². The molecule has 0 fully saturated rings. The molecule has 26 heavy (non-hydrogen) atoms. The molecule has 0 aliphatic rings. The highest BCUT2D eigenvalue weighted by molar-refractivity contribution is 7.98. The first-order chi connectivity index (χ1) is 12.8. The molecular formula is C17H13ClN4O2S2. The molecule has 0 amide bonds. The fourth-order valence-corrected chi connectivity index (χ4v) is 3.73. The van der Waals surface area contributed by atoms with E-state index in [1.165, 1.54) is 11.8 Å². The predicted octanol–water partition coefficient (Wildman–Crippen LogP) is 5.05. The molecule has 0 bridgehead atoms. The third-order valence-electron chi connectivity index (χ3n) is 3.35. The number of thiazole rings is 1. The maximum absolute atomic E-state index is 5.86. The van der Waals surface area contributed by atoms with Crippen LogP contribution in [-0.2, 0) is 12.4 Å². The molecule has 4 rings (SSSR count). The van der Waals surface area contributed by atoms with E-state index in [1.54, 1.807) is 23.5 Å². The minimum absolute atomic E-state index is 0.425. The van der Waals surface area contributed by atoms with Crippen LogP contribution in [-0.4, -0.2) is 20.2 Å². The van der Waals surface area contributed by atoms with E-state index in [-0.39, 0.29) is 0 Å². The van der Waals surface area contributed by atoms with Gasteiger partial charge in [0.1, 0.15) is 23.1 Å². The Hall–Kier alpha value is -2.29. The molecule has 132 valence electrons. The van der Waals surface area contributed by atoms with Gasteiger partial charge in [-0.05, 0) is 36.4 Å². The molecule has 1 N–H and O–H groups in total. The van der Waals surface area contributed by atoms with Crippen LogP contribution in [0.2, 0.25) is 5.02 Å². The second-order valence-electron chi connectivity index (χ2n) is 5.22. The van der Waals surface area contributed by atoms with E-state index in [1.807, 2.05) is 35.8 Å². The molecule has 9 heteroatoms. The lowest BCUT2D eigenvalue weighted by Crippen LogP contribution is -1.95. The zero-order valence-electron chi connectivity index (χ0n) is 13.4. The van der Waals surface area contributed by atoms with Crippen LogP contribution in [0.1, 0.15) is 10.7 Å². The largest absolute Gasteiger partial charge is 0.486 e. The lowest BCUT2D eigenvalue weighted by molar-refractivity contribution is 0.305. The van der Waals surface area contributed by atoms with Crippen LogP contribution in [0, 0.1) is 0 Å². The van der Waals surface area contributed by atoms with Gasteiger partial charge in [0.15, 0.2) is 0 Å². The number of hydrogen-bond acceptors (Lipinski definition) is 7. The molecule has 3 heterocycles. The van der Waals surface area contributed by atoms with Gasteiger partial charge in [0.2, 0.25) is 0 Å². The number of aromatic amines is 1. The molecule has 0 aliphatic heterocycles. The maximum Gasteiger partial charge on any atom is 0.277 e. The summed E-state index contributed by atoms with van der Waals surface area (Å²) >= 11 is 8.88. The van der Waals surface area contributed by atoms with Crippen molar-refractivity contribution in [1.82, 2.24) is 20.2 Å². The standard InChI is InChI=1S/C17H13ClN4O2S2/c18-11-3-5-13(6-4-11)23-8-15-20-12(9-25-15)10-26-17-22-21-16(24-17)14-2-1-7-19-14/h1-7,9,19H,8,10H2. The van der Waals surface area contributed by atoms with Gasteiger partial charge in [-0.3, -0.25) is 0 Å². The van der Waals surface area contributed by atoms with Gasteiger partial charge in [-0.15, -0.1) is 21.5 Å². The Morgan fingerprint density at radius 3 is 2.88 bits per heavy atom. The second-order valence-corrected chi connectivity index (χ2v) is 7.53. The van der Waals surface area contributed by atoms with E-state index in [9.17, 15) is 0 Å². The summed E-state index contributed by atoms with van der Waals surface area (Å²) in [7, 11) is 0. The number of rotatable bonds is 7. The number of hydrogen-bond donors (Lipinski definition) is 1. The van der Waals surface area contributed by atoms with Crippen LogP contribution in [0.3, 0.4) is 0 Å². The van der Waals surface area contributed by atoms with Crippen molar-refractivity contribution in [2.45, 2.75) is 17.6 Å². The number of thioether (sulfide) groups is 1. The summed E-state index contributed by atoms with van der Waals surface area (Å²) in [5, 5.41) is 12.2. The zero-order valence-corrected chi connectivity index (χ0v) is 15.8. The molecule has 6 nitrogen and oxygen atoms in total. The second kappa shape index (κ2) is 7.94. The van der Waals surface area contributed by atoms with E-state index in [2.05, 4.69) is 20.2 Å². The highest BCUT2D eigenvalue weighted by atomic mass is 35.5. The maximum atomic E-state index is 5.86. The molecule has 0 spiro atoms. The molecule has 3 aromatic heterocycles. The summed E-state index contributed by atoms with van der Waals surface area (Å²) in [5.74, 6) is 1.90. The van der Waals surface area contributed by atoms with Crippen molar-refractivity contribution in [3.8, 4) is 17.3 Å². The Morgan fingerprint density at radius 1 is 1.19 bits per heavy atom. The number of ether oxygens (including phenoxy) is 1. The molecule has 0 unspecified atom stereocenters. The van der Waals surface area contributed by atoms with Crippen LogP contribution < -0.4 is 4.74 Å². The monoisotopic (exact) mass is 404 g/mol. The zero-order chi connectivity index (χ0) is 17.8. The van der Waals surface area contributed by atoms with E-state index in [0.29, 0.717) is 28.5 Å². The van der Waals surface area contributed by atoms with Gasteiger partial charge in [-0.25, -0.2) is 4.98 Å². The third kappa shape index (κ3) is 4.27. The van der Waals surface area contributed by atoms with E-state index < -0.39 is 0 Å². The first kappa shape index (κ1) is 17.1. The van der Waals surface area contributed by atoms with Crippen molar-refractivity contribution in [2.75, 3.05) is 0 Å². The summed E-state index contributed by atoms with van der Waals surface area (Å²) in [6.07, 6.45) is 1.81. The predicted molar refractivity (Wildman–Crippen MR) is 102 cm³/mol. The summed E-state index contributed by atoms with van der Waals surface area (Å²) in [4.78, 5) is 7.60. The molecule has 1 aromatic carbocycles. The number of H-pyrrole nitrogens is 1. The van der Waals surface area contributed by atoms with Crippen molar-refractivity contribution < 1.29 is 9.15 Å². The lowest BCUT2D eigenvalue weighted by Gasteiger charge is -2.03. The minimum Gasteiger partial charge on any atom is -0.486 e. The van der Waals surface area contributed by atoms with Gasteiger partial charge >= 0.3 is 0 Å². The van der Waals surface area contributed by atoms with Gasteiger partial charge in [-0.1, -0.05) is 23.4 Å². The Labute approximate surface area is 162 Å². The first-order valence-corrected chi connectivity index (χ1v) is 9.92. The van der Waals surface area contributed by atoms with Crippen LogP contribution in [0.25, 0.3) is 11.6 Å². The van der Waals surface area contributed by atoms with Crippen LogP contribution in [0.15, 0.2) is 57.6 Å². The third-order valence-corrected chi connectivity index (χ3v) is 5.33. The first-order valence-electron chi connectivity index (χ1n) is 7.68. The van der Waals surface area contributed by atoms with Crippen molar-refractivity contribution in [1.29, 1.82) is 0 Å². The Balaban J connectivity index is 1.30. The molecule has 0 saturated heterocycles. The highest BCUT2D eigenvalue weighted by Gasteiger charge is 2.11. The van der Waals surface area contributed by atoms with Crippen LogP contribution in [0.4, 0.5) is 0 Å². The Morgan fingerprint density at radius 2 is 2.08 bits per heavy atom. The lowest BCUT2D eigenvalue weighted by atomic mass is 10.3. The summed E-state index contributed by atoms with van der Waals surface area (Å²) in [5.41, 5.74) is 1.76. The molecular weight excluding hydrogens is 392 g/mol. The smallest absolute Gasteiger partial charge is 0.277 e. The Kier molecular flexibility index (Phi) is 5.24. The molecule has 0 radical (unpaired) electrons. The minimum atomic E-state index is 0.425.